The van der Waals surface area contributed by atoms with Crippen molar-refractivity contribution in [3.63, 3.8) is 0 Å². The lowest BCUT2D eigenvalue weighted by Gasteiger charge is -2.45. The molecule has 1 aliphatic carbocycles. The molecule has 3 atom stereocenters. The summed E-state index contributed by atoms with van der Waals surface area (Å²) >= 11 is 0. The molecule has 1 heterocycles. The minimum atomic E-state index is -0.323. The van der Waals surface area contributed by atoms with E-state index in [0.29, 0.717) is 12.3 Å². The molecule has 4 nitrogen and oxygen atoms in total. The fraction of sp³-hybridized carbons (Fsp3) is 0.875. The van der Waals surface area contributed by atoms with Gasteiger partial charge in [0.25, 0.3) is 0 Å². The van der Waals surface area contributed by atoms with Gasteiger partial charge < -0.3 is 10.2 Å². The number of nitrogens with zero attached hydrogens (tertiary/aromatic N) is 1. The minimum absolute atomic E-state index is 0.00529. The van der Waals surface area contributed by atoms with Crippen LogP contribution in [-0.2, 0) is 9.59 Å². The van der Waals surface area contributed by atoms with Gasteiger partial charge in [0.15, 0.2) is 0 Å². The zero-order valence-electron chi connectivity index (χ0n) is 13.0. The Morgan fingerprint density at radius 1 is 1.20 bits per heavy atom. The lowest BCUT2D eigenvalue weighted by molar-refractivity contribution is -0.153. The summed E-state index contributed by atoms with van der Waals surface area (Å²) < 4.78 is 0. The molecule has 1 N–H and O–H groups in total. The molecule has 1 saturated carbocycles. The smallest absolute Gasteiger partial charge is 0.246 e. The number of carbonyl (C=O) groups excluding carboxylic acids is 2. The first-order valence-corrected chi connectivity index (χ1v) is 8.22. The summed E-state index contributed by atoms with van der Waals surface area (Å²) in [5.74, 6) is 0.700. The molecule has 0 spiro atoms. The number of piperazine rings is 1. The van der Waals surface area contributed by atoms with Crippen LogP contribution in [-0.4, -0.2) is 34.8 Å². The number of hydrogen-bond acceptors (Lipinski definition) is 2. The maximum Gasteiger partial charge on any atom is 0.246 e. The molecule has 0 aromatic rings. The molecule has 3 unspecified atom stereocenters. The first-order valence-electron chi connectivity index (χ1n) is 8.22. The molecule has 20 heavy (non-hydrogen) atoms. The van der Waals surface area contributed by atoms with Gasteiger partial charge in [-0.25, -0.2) is 0 Å². The molecule has 1 aliphatic heterocycles. The maximum atomic E-state index is 12.7. The van der Waals surface area contributed by atoms with Gasteiger partial charge in [-0.1, -0.05) is 33.1 Å². The molecule has 1 saturated heterocycles. The van der Waals surface area contributed by atoms with Gasteiger partial charge in [0.05, 0.1) is 0 Å². The molecule has 4 heteroatoms. The molecular formula is C16H28N2O2. The van der Waals surface area contributed by atoms with Crippen LogP contribution in [0.15, 0.2) is 0 Å². The van der Waals surface area contributed by atoms with E-state index < -0.39 is 0 Å². The average Bonchev–Trinajstić information content (AvgIpc) is 2.48. The lowest BCUT2D eigenvalue weighted by atomic mass is 9.81. The quantitative estimate of drug-likeness (QED) is 0.860. The lowest BCUT2D eigenvalue weighted by Crippen LogP contribution is -2.65. The van der Waals surface area contributed by atoms with Crippen molar-refractivity contribution in [2.45, 2.75) is 83.8 Å². The van der Waals surface area contributed by atoms with E-state index in [2.05, 4.69) is 12.2 Å². The van der Waals surface area contributed by atoms with Gasteiger partial charge in [-0.2, -0.15) is 0 Å². The monoisotopic (exact) mass is 280 g/mol. The van der Waals surface area contributed by atoms with Crippen molar-refractivity contribution < 1.29 is 9.59 Å². The van der Waals surface area contributed by atoms with Crippen LogP contribution in [0, 0.1) is 5.92 Å². The number of nitrogens with one attached hydrogen (secondary N) is 1. The van der Waals surface area contributed by atoms with E-state index in [1.54, 1.807) is 0 Å². The van der Waals surface area contributed by atoms with E-state index in [1.807, 2.05) is 18.7 Å². The van der Waals surface area contributed by atoms with Crippen LogP contribution in [0.5, 0.6) is 0 Å². The highest BCUT2D eigenvalue weighted by atomic mass is 16.2. The Bertz CT molecular complexity index is 363. The summed E-state index contributed by atoms with van der Waals surface area (Å²) in [5.41, 5.74) is 0. The van der Waals surface area contributed by atoms with Crippen LogP contribution in [0.4, 0.5) is 0 Å². The Kier molecular flexibility index (Phi) is 5.06. The molecule has 0 bridgehead atoms. The van der Waals surface area contributed by atoms with Gasteiger partial charge in [-0.3, -0.25) is 9.59 Å². The van der Waals surface area contributed by atoms with Gasteiger partial charge >= 0.3 is 0 Å². The summed E-state index contributed by atoms with van der Waals surface area (Å²) in [4.78, 5) is 26.7. The fourth-order valence-corrected chi connectivity index (χ4v) is 3.85. The largest absolute Gasteiger partial charge is 0.343 e. The molecule has 2 amide bonds. The summed E-state index contributed by atoms with van der Waals surface area (Å²) in [6, 6.07) is -0.411. The Labute approximate surface area is 122 Å². The Hall–Kier alpha value is -1.06. The summed E-state index contributed by atoms with van der Waals surface area (Å²) in [7, 11) is 0. The molecule has 2 fully saturated rings. The SMILES string of the molecule is CCC1NC(=O)C(C)N(C(CC)C2CCCCC2)C1=O. The molecule has 2 aliphatic rings. The fourth-order valence-electron chi connectivity index (χ4n) is 3.85. The molecule has 114 valence electrons. The van der Waals surface area contributed by atoms with Gasteiger partial charge in [0.1, 0.15) is 12.1 Å². The van der Waals surface area contributed by atoms with Crippen LogP contribution in [0.25, 0.3) is 0 Å². The van der Waals surface area contributed by atoms with E-state index in [4.69, 9.17) is 0 Å². The molecule has 0 aromatic carbocycles. The van der Waals surface area contributed by atoms with Crippen LogP contribution >= 0.6 is 0 Å². The van der Waals surface area contributed by atoms with Gasteiger partial charge in [0, 0.05) is 6.04 Å². The van der Waals surface area contributed by atoms with Crippen molar-refractivity contribution >= 4 is 11.8 Å². The van der Waals surface area contributed by atoms with Gasteiger partial charge in [-0.15, -0.1) is 0 Å². The predicted octanol–water partition coefficient (Wildman–Crippen LogP) is 2.47. The first kappa shape index (κ1) is 15.3. The first-order chi connectivity index (χ1) is 9.60. The third-order valence-electron chi connectivity index (χ3n) is 5.04. The molecular weight excluding hydrogens is 252 g/mol. The van der Waals surface area contributed by atoms with Crippen molar-refractivity contribution in [2.24, 2.45) is 5.92 Å². The number of rotatable bonds is 4. The highest BCUT2D eigenvalue weighted by Crippen LogP contribution is 2.32. The van der Waals surface area contributed by atoms with Crippen molar-refractivity contribution in [3.8, 4) is 0 Å². The van der Waals surface area contributed by atoms with E-state index >= 15 is 0 Å². The maximum absolute atomic E-state index is 12.7. The molecule has 0 radical (unpaired) electrons. The minimum Gasteiger partial charge on any atom is -0.343 e. The number of carbonyl (C=O) groups is 2. The van der Waals surface area contributed by atoms with Crippen molar-refractivity contribution in [3.05, 3.63) is 0 Å². The molecule has 0 aromatic heterocycles. The second-order valence-electron chi connectivity index (χ2n) is 6.26. The van der Waals surface area contributed by atoms with E-state index in [-0.39, 0.29) is 29.9 Å². The van der Waals surface area contributed by atoms with Crippen LogP contribution in [0.3, 0.4) is 0 Å². The topological polar surface area (TPSA) is 49.4 Å². The zero-order valence-corrected chi connectivity index (χ0v) is 13.0. The van der Waals surface area contributed by atoms with E-state index in [0.717, 1.165) is 6.42 Å². The zero-order chi connectivity index (χ0) is 14.7. The van der Waals surface area contributed by atoms with Gasteiger partial charge in [-0.05, 0) is 38.5 Å². The predicted molar refractivity (Wildman–Crippen MR) is 79.2 cm³/mol. The van der Waals surface area contributed by atoms with E-state index in [1.165, 1.54) is 32.1 Å². The highest BCUT2D eigenvalue weighted by molar-refractivity contribution is 5.96. The second kappa shape index (κ2) is 6.59. The Morgan fingerprint density at radius 3 is 2.40 bits per heavy atom. The Morgan fingerprint density at radius 2 is 1.85 bits per heavy atom. The molecule has 2 rings (SSSR count). The van der Waals surface area contributed by atoms with Crippen molar-refractivity contribution in [2.75, 3.05) is 0 Å². The van der Waals surface area contributed by atoms with Crippen LogP contribution < -0.4 is 5.32 Å². The van der Waals surface area contributed by atoms with E-state index in [9.17, 15) is 9.59 Å². The standard InChI is InChI=1S/C16H28N2O2/c1-4-13-16(20)18(11(3)15(19)17-13)14(5-2)12-9-7-6-8-10-12/h11-14H,4-10H2,1-3H3,(H,17,19). The summed E-state index contributed by atoms with van der Waals surface area (Å²) in [6.45, 7) is 5.97. The van der Waals surface area contributed by atoms with Crippen LogP contribution in [0.1, 0.15) is 65.7 Å². The van der Waals surface area contributed by atoms with Crippen molar-refractivity contribution in [1.29, 1.82) is 0 Å². The van der Waals surface area contributed by atoms with Gasteiger partial charge in [0.2, 0.25) is 11.8 Å². The summed E-state index contributed by atoms with van der Waals surface area (Å²) in [5, 5.41) is 2.85. The second-order valence-corrected chi connectivity index (χ2v) is 6.26. The van der Waals surface area contributed by atoms with Crippen molar-refractivity contribution in [1.82, 2.24) is 10.2 Å². The number of amides is 2. The average molecular weight is 280 g/mol. The third kappa shape index (κ3) is 2.84. The van der Waals surface area contributed by atoms with Crippen LogP contribution in [0.2, 0.25) is 0 Å². The highest BCUT2D eigenvalue weighted by Gasteiger charge is 2.42. The summed E-state index contributed by atoms with van der Waals surface area (Å²) in [6.07, 6.45) is 7.87. The number of hydrogen-bond donors (Lipinski definition) is 1. The third-order valence-corrected chi connectivity index (χ3v) is 5.04. The normalized spacial score (nSPS) is 30.2. The Balaban J connectivity index is 2.20.